The van der Waals surface area contributed by atoms with E-state index in [1.54, 1.807) is 11.3 Å². The van der Waals surface area contributed by atoms with Crippen LogP contribution in [0.3, 0.4) is 0 Å². The monoisotopic (exact) mass is 292 g/mol. The highest BCUT2D eigenvalue weighted by molar-refractivity contribution is 7.16. The first-order valence-electron chi connectivity index (χ1n) is 7.41. The number of rotatable bonds is 2. The van der Waals surface area contributed by atoms with Crippen LogP contribution in [0.5, 0.6) is 0 Å². The van der Waals surface area contributed by atoms with Gasteiger partial charge in [0.2, 0.25) is 0 Å². The van der Waals surface area contributed by atoms with Crippen molar-refractivity contribution < 1.29 is 9.53 Å². The molecule has 0 aromatic carbocycles. The SMILES string of the molecule is COC(=O)c1c(N2CC3(CCC3)C2)sc2c1CCNC2. The Balaban J connectivity index is 1.67. The fraction of sp³-hybridized carbons (Fsp3) is 0.667. The van der Waals surface area contributed by atoms with E-state index in [0.29, 0.717) is 5.41 Å². The summed E-state index contributed by atoms with van der Waals surface area (Å²) in [7, 11) is 1.49. The molecule has 2 fully saturated rings. The average molecular weight is 292 g/mol. The van der Waals surface area contributed by atoms with E-state index in [-0.39, 0.29) is 5.97 Å². The van der Waals surface area contributed by atoms with Gasteiger partial charge in [-0.1, -0.05) is 6.42 Å². The standard InChI is InChI=1S/C15H20N2O2S/c1-19-14(18)12-10-3-6-16-7-11(10)20-13(12)17-8-15(9-17)4-2-5-15/h16H,2-9H2,1H3. The van der Waals surface area contributed by atoms with Crippen LogP contribution < -0.4 is 10.2 Å². The molecule has 1 aromatic rings. The third-order valence-corrected chi connectivity index (χ3v) is 6.35. The van der Waals surface area contributed by atoms with E-state index in [1.165, 1.54) is 36.8 Å². The van der Waals surface area contributed by atoms with Crippen LogP contribution >= 0.6 is 11.3 Å². The third-order valence-electron chi connectivity index (χ3n) is 5.05. The van der Waals surface area contributed by atoms with Gasteiger partial charge in [-0.05, 0) is 31.4 Å². The highest BCUT2D eigenvalue weighted by atomic mass is 32.1. The molecular weight excluding hydrogens is 272 g/mol. The molecule has 108 valence electrons. The molecule has 1 saturated heterocycles. The zero-order valence-electron chi connectivity index (χ0n) is 11.8. The summed E-state index contributed by atoms with van der Waals surface area (Å²) >= 11 is 1.79. The van der Waals surface area contributed by atoms with E-state index in [2.05, 4.69) is 10.2 Å². The van der Waals surface area contributed by atoms with Gasteiger partial charge in [0.15, 0.2) is 0 Å². The van der Waals surface area contributed by atoms with Crippen molar-refractivity contribution in [2.24, 2.45) is 5.41 Å². The van der Waals surface area contributed by atoms with Gasteiger partial charge in [0.05, 0.1) is 12.7 Å². The molecule has 0 unspecified atom stereocenters. The Morgan fingerprint density at radius 2 is 2.20 bits per heavy atom. The van der Waals surface area contributed by atoms with Crippen LogP contribution in [0.1, 0.15) is 40.1 Å². The van der Waals surface area contributed by atoms with E-state index in [1.807, 2.05) is 0 Å². The Hall–Kier alpha value is -1.07. The van der Waals surface area contributed by atoms with Crippen LogP contribution in [0.25, 0.3) is 0 Å². The highest BCUT2D eigenvalue weighted by Gasteiger charge is 2.48. The number of hydrogen-bond donors (Lipinski definition) is 1. The highest BCUT2D eigenvalue weighted by Crippen LogP contribution is 2.52. The number of hydrogen-bond acceptors (Lipinski definition) is 5. The van der Waals surface area contributed by atoms with Crippen molar-refractivity contribution in [1.82, 2.24) is 5.32 Å². The van der Waals surface area contributed by atoms with Crippen molar-refractivity contribution in [3.63, 3.8) is 0 Å². The lowest BCUT2D eigenvalue weighted by atomic mass is 9.63. The van der Waals surface area contributed by atoms with Crippen LogP contribution in [0.15, 0.2) is 0 Å². The molecule has 4 nitrogen and oxygen atoms in total. The average Bonchev–Trinajstić information content (AvgIpc) is 2.73. The fourth-order valence-electron chi connectivity index (χ4n) is 3.76. The second-order valence-electron chi connectivity index (χ2n) is 6.31. The number of nitrogens with zero attached hydrogens (tertiary/aromatic N) is 1. The fourth-order valence-corrected chi connectivity index (χ4v) is 5.06. The smallest absolute Gasteiger partial charge is 0.341 e. The number of ether oxygens (including phenoxy) is 1. The number of esters is 1. The molecule has 1 spiro atoms. The first-order valence-corrected chi connectivity index (χ1v) is 8.23. The van der Waals surface area contributed by atoms with Gasteiger partial charge in [-0.3, -0.25) is 0 Å². The predicted molar refractivity (Wildman–Crippen MR) is 79.6 cm³/mol. The maximum Gasteiger partial charge on any atom is 0.341 e. The molecule has 1 saturated carbocycles. The van der Waals surface area contributed by atoms with Crippen molar-refractivity contribution >= 4 is 22.3 Å². The normalized spacial score (nSPS) is 22.9. The predicted octanol–water partition coefficient (Wildman–Crippen LogP) is 2.17. The van der Waals surface area contributed by atoms with Gasteiger partial charge in [0.25, 0.3) is 0 Å². The summed E-state index contributed by atoms with van der Waals surface area (Å²) in [5.74, 6) is -0.158. The van der Waals surface area contributed by atoms with Crippen LogP contribution in [0.2, 0.25) is 0 Å². The topological polar surface area (TPSA) is 41.6 Å². The molecule has 1 aliphatic carbocycles. The summed E-state index contributed by atoms with van der Waals surface area (Å²) in [6.45, 7) is 4.10. The molecule has 0 radical (unpaired) electrons. The molecule has 20 heavy (non-hydrogen) atoms. The number of thiophene rings is 1. The van der Waals surface area contributed by atoms with Crippen molar-refractivity contribution in [2.75, 3.05) is 31.6 Å². The second kappa shape index (κ2) is 4.46. The quantitative estimate of drug-likeness (QED) is 0.848. The Labute approximate surface area is 123 Å². The summed E-state index contributed by atoms with van der Waals surface area (Å²) < 4.78 is 5.03. The first kappa shape index (κ1) is 12.7. The molecule has 1 N–H and O–H groups in total. The lowest BCUT2D eigenvalue weighted by molar-refractivity contribution is 0.0596. The summed E-state index contributed by atoms with van der Waals surface area (Å²) in [6.07, 6.45) is 5.05. The lowest BCUT2D eigenvalue weighted by Crippen LogP contribution is -2.59. The summed E-state index contributed by atoms with van der Waals surface area (Å²) in [6, 6.07) is 0. The van der Waals surface area contributed by atoms with Crippen LogP contribution in [-0.2, 0) is 17.7 Å². The Morgan fingerprint density at radius 1 is 1.40 bits per heavy atom. The van der Waals surface area contributed by atoms with Crippen LogP contribution in [0, 0.1) is 5.41 Å². The molecule has 2 aliphatic heterocycles. The number of nitrogens with one attached hydrogen (secondary N) is 1. The maximum absolute atomic E-state index is 12.2. The Bertz CT molecular complexity index is 554. The molecule has 1 aromatic heterocycles. The van der Waals surface area contributed by atoms with E-state index >= 15 is 0 Å². The van der Waals surface area contributed by atoms with Crippen molar-refractivity contribution in [3.8, 4) is 0 Å². The Kier molecular flexibility index (Phi) is 2.82. The minimum absolute atomic E-state index is 0.158. The van der Waals surface area contributed by atoms with E-state index in [4.69, 9.17) is 4.74 Å². The molecular formula is C15H20N2O2S. The number of carbonyl (C=O) groups excluding carboxylic acids is 1. The molecule has 5 heteroatoms. The van der Waals surface area contributed by atoms with Gasteiger partial charge in [-0.15, -0.1) is 11.3 Å². The number of fused-ring (bicyclic) bond motifs is 1. The van der Waals surface area contributed by atoms with Crippen molar-refractivity contribution in [1.29, 1.82) is 0 Å². The van der Waals surface area contributed by atoms with E-state index in [0.717, 1.165) is 43.2 Å². The van der Waals surface area contributed by atoms with Gasteiger partial charge >= 0.3 is 5.97 Å². The minimum Gasteiger partial charge on any atom is -0.465 e. The van der Waals surface area contributed by atoms with Gasteiger partial charge < -0.3 is 15.0 Å². The Morgan fingerprint density at radius 3 is 2.85 bits per heavy atom. The molecule has 4 rings (SSSR count). The molecule has 3 heterocycles. The second-order valence-corrected chi connectivity index (χ2v) is 7.40. The van der Waals surface area contributed by atoms with E-state index in [9.17, 15) is 4.79 Å². The summed E-state index contributed by atoms with van der Waals surface area (Å²) in [5.41, 5.74) is 2.66. The largest absolute Gasteiger partial charge is 0.465 e. The lowest BCUT2D eigenvalue weighted by Gasteiger charge is -2.56. The van der Waals surface area contributed by atoms with Gasteiger partial charge in [0.1, 0.15) is 5.00 Å². The zero-order valence-corrected chi connectivity index (χ0v) is 12.6. The number of carbonyl (C=O) groups is 1. The first-order chi connectivity index (χ1) is 9.72. The van der Waals surface area contributed by atoms with E-state index < -0.39 is 0 Å². The van der Waals surface area contributed by atoms with Gasteiger partial charge in [-0.25, -0.2) is 4.79 Å². The summed E-state index contributed by atoms with van der Waals surface area (Å²) in [4.78, 5) is 15.9. The minimum atomic E-state index is -0.158. The molecule has 0 amide bonds. The number of methoxy groups -OCH3 is 1. The van der Waals surface area contributed by atoms with Crippen molar-refractivity contribution in [3.05, 3.63) is 16.0 Å². The van der Waals surface area contributed by atoms with Crippen LogP contribution in [0.4, 0.5) is 5.00 Å². The van der Waals surface area contributed by atoms with Crippen molar-refractivity contribution in [2.45, 2.75) is 32.2 Å². The number of anilines is 1. The third kappa shape index (κ3) is 1.72. The van der Waals surface area contributed by atoms with Gasteiger partial charge in [0, 0.05) is 29.9 Å². The maximum atomic E-state index is 12.2. The van der Waals surface area contributed by atoms with Crippen LogP contribution in [-0.4, -0.2) is 32.7 Å². The molecule has 0 atom stereocenters. The molecule has 3 aliphatic rings. The molecule has 0 bridgehead atoms. The summed E-state index contributed by atoms with van der Waals surface area (Å²) in [5, 5.41) is 4.55. The van der Waals surface area contributed by atoms with Gasteiger partial charge in [-0.2, -0.15) is 0 Å². The zero-order chi connectivity index (χ0) is 13.7.